The molecule has 4 aromatic rings. The molecule has 1 aliphatic carbocycles. The molecule has 0 aromatic carbocycles. The third-order valence-corrected chi connectivity index (χ3v) is 7.20. The van der Waals surface area contributed by atoms with Crippen molar-refractivity contribution < 1.29 is 0 Å². The summed E-state index contributed by atoms with van der Waals surface area (Å²) in [5, 5.41) is 5.67. The normalized spacial score (nSPS) is 17.3. The van der Waals surface area contributed by atoms with Gasteiger partial charge in [0.15, 0.2) is 0 Å². The molecule has 29 heavy (non-hydrogen) atoms. The van der Waals surface area contributed by atoms with Gasteiger partial charge in [0.2, 0.25) is 0 Å². The van der Waals surface area contributed by atoms with Crippen LogP contribution in [0.4, 0.5) is 11.6 Å². The highest BCUT2D eigenvalue weighted by Crippen LogP contribution is 2.39. The van der Waals surface area contributed by atoms with Crippen molar-refractivity contribution in [1.82, 2.24) is 29.5 Å². The fourth-order valence-corrected chi connectivity index (χ4v) is 5.82. The fraction of sp³-hybridized carbons (Fsp3) is 0.450. The Bertz CT molecular complexity index is 1200. The predicted molar refractivity (Wildman–Crippen MR) is 114 cm³/mol. The van der Waals surface area contributed by atoms with E-state index < -0.39 is 0 Å². The fourth-order valence-electron chi connectivity index (χ4n) is 4.60. The highest BCUT2D eigenvalue weighted by molar-refractivity contribution is 7.19. The van der Waals surface area contributed by atoms with Crippen molar-refractivity contribution in [2.75, 3.05) is 36.0 Å². The molecule has 0 atom stereocenters. The smallest absolute Gasteiger partial charge is 0.254 e. The molecule has 0 bridgehead atoms. The molecule has 9 heteroatoms. The van der Waals surface area contributed by atoms with Crippen LogP contribution >= 0.6 is 11.3 Å². The number of rotatable bonds is 2. The van der Waals surface area contributed by atoms with E-state index in [2.05, 4.69) is 35.9 Å². The summed E-state index contributed by atoms with van der Waals surface area (Å²) in [6.07, 6.45) is 8.23. The number of fused-ring (bicyclic) bond motifs is 4. The zero-order valence-electron chi connectivity index (χ0n) is 16.4. The number of hydrogen-bond donors (Lipinski definition) is 0. The number of nitrogens with zero attached hydrogens (tertiary/aromatic N) is 8. The third kappa shape index (κ3) is 2.75. The summed E-state index contributed by atoms with van der Waals surface area (Å²) in [4.78, 5) is 25.5. The van der Waals surface area contributed by atoms with Gasteiger partial charge >= 0.3 is 0 Å². The Hall–Kier alpha value is -2.81. The molecule has 148 valence electrons. The summed E-state index contributed by atoms with van der Waals surface area (Å²) in [6.45, 7) is 5.68. The summed E-state index contributed by atoms with van der Waals surface area (Å²) < 4.78 is 1.83. The van der Waals surface area contributed by atoms with Gasteiger partial charge in [0.25, 0.3) is 5.78 Å². The molecule has 1 aliphatic heterocycles. The van der Waals surface area contributed by atoms with E-state index in [1.807, 2.05) is 22.8 Å². The lowest BCUT2D eigenvalue weighted by Crippen LogP contribution is -2.47. The second-order valence-electron chi connectivity index (χ2n) is 7.79. The van der Waals surface area contributed by atoms with Crippen LogP contribution in [-0.2, 0) is 12.8 Å². The van der Waals surface area contributed by atoms with Crippen molar-refractivity contribution in [3.63, 3.8) is 0 Å². The van der Waals surface area contributed by atoms with Crippen molar-refractivity contribution in [1.29, 1.82) is 0 Å². The average Bonchev–Trinajstić information content (AvgIpc) is 3.37. The van der Waals surface area contributed by atoms with Crippen LogP contribution < -0.4 is 9.80 Å². The Kier molecular flexibility index (Phi) is 3.90. The maximum Gasteiger partial charge on any atom is 0.254 e. The second-order valence-corrected chi connectivity index (χ2v) is 8.87. The van der Waals surface area contributed by atoms with Crippen molar-refractivity contribution in [3.8, 4) is 0 Å². The minimum Gasteiger partial charge on any atom is -0.353 e. The lowest BCUT2D eigenvalue weighted by molar-refractivity contribution is 0.634. The molecule has 0 N–H and O–H groups in total. The molecule has 0 amide bonds. The number of hydrogen-bond acceptors (Lipinski definition) is 8. The molecule has 8 nitrogen and oxygen atoms in total. The van der Waals surface area contributed by atoms with Crippen LogP contribution in [0.5, 0.6) is 0 Å². The van der Waals surface area contributed by atoms with E-state index in [1.54, 1.807) is 12.7 Å². The molecule has 0 unspecified atom stereocenters. The van der Waals surface area contributed by atoms with Gasteiger partial charge in [-0.3, -0.25) is 0 Å². The topological polar surface area (TPSA) is 75.3 Å². The van der Waals surface area contributed by atoms with Gasteiger partial charge in [0, 0.05) is 42.8 Å². The molecule has 1 fully saturated rings. The van der Waals surface area contributed by atoms with Crippen LogP contribution in [0.2, 0.25) is 0 Å². The zero-order valence-corrected chi connectivity index (χ0v) is 17.2. The summed E-state index contributed by atoms with van der Waals surface area (Å²) in [5.41, 5.74) is 2.47. The maximum absolute atomic E-state index is 4.73. The molecule has 0 spiro atoms. The van der Waals surface area contributed by atoms with E-state index >= 15 is 0 Å². The predicted octanol–water partition coefficient (Wildman–Crippen LogP) is 2.64. The monoisotopic (exact) mass is 406 g/mol. The van der Waals surface area contributed by atoms with E-state index in [0.717, 1.165) is 54.8 Å². The van der Waals surface area contributed by atoms with Crippen molar-refractivity contribution in [2.24, 2.45) is 0 Å². The van der Waals surface area contributed by atoms with E-state index in [1.165, 1.54) is 35.1 Å². The first-order valence-electron chi connectivity index (χ1n) is 10.2. The van der Waals surface area contributed by atoms with Crippen molar-refractivity contribution in [3.05, 3.63) is 34.9 Å². The number of thiophene rings is 1. The van der Waals surface area contributed by atoms with Crippen LogP contribution in [0.25, 0.3) is 16.0 Å². The lowest BCUT2D eigenvalue weighted by atomic mass is 9.97. The van der Waals surface area contributed by atoms with Gasteiger partial charge < -0.3 is 9.80 Å². The molecular weight excluding hydrogens is 384 g/mol. The Morgan fingerprint density at radius 1 is 0.931 bits per heavy atom. The first kappa shape index (κ1) is 17.1. The van der Waals surface area contributed by atoms with Gasteiger partial charge in [-0.1, -0.05) is 0 Å². The Labute approximate surface area is 172 Å². The number of aromatic nitrogens is 6. The Morgan fingerprint density at radius 3 is 2.66 bits per heavy atom. The summed E-state index contributed by atoms with van der Waals surface area (Å²) in [5.74, 6) is 2.83. The standard InChI is InChI=1S/C20H22N8S/c1-13-10-16(28-20(25-13)23-12-24-28)26-6-8-27(9-7-26)18-17-14-4-2-3-5-15(14)29-19(17)22-11-21-18/h10-12H,2-9H2,1H3. The first-order chi connectivity index (χ1) is 14.3. The molecular formula is C20H22N8S. The van der Waals surface area contributed by atoms with Crippen molar-refractivity contribution >= 4 is 39.0 Å². The number of piperazine rings is 1. The van der Waals surface area contributed by atoms with Gasteiger partial charge in [-0.15, -0.1) is 11.3 Å². The Balaban J connectivity index is 1.31. The molecule has 0 saturated carbocycles. The second kappa shape index (κ2) is 6.62. The Morgan fingerprint density at radius 2 is 1.76 bits per heavy atom. The average molecular weight is 407 g/mol. The van der Waals surface area contributed by atoms with Crippen LogP contribution in [0.15, 0.2) is 18.7 Å². The van der Waals surface area contributed by atoms with Gasteiger partial charge in [0.05, 0.1) is 5.39 Å². The quantitative estimate of drug-likeness (QED) is 0.506. The van der Waals surface area contributed by atoms with Gasteiger partial charge in [0.1, 0.15) is 29.1 Å². The first-order valence-corrected chi connectivity index (χ1v) is 11.0. The number of aryl methyl sites for hydroxylation is 3. The highest BCUT2D eigenvalue weighted by Gasteiger charge is 2.26. The molecule has 0 radical (unpaired) electrons. The van der Waals surface area contributed by atoms with Crippen LogP contribution in [-0.4, -0.2) is 55.7 Å². The minimum absolute atomic E-state index is 0.657. The highest BCUT2D eigenvalue weighted by atomic mass is 32.1. The maximum atomic E-state index is 4.73. The summed E-state index contributed by atoms with van der Waals surface area (Å²) in [7, 11) is 0. The largest absolute Gasteiger partial charge is 0.353 e. The number of anilines is 2. The summed E-state index contributed by atoms with van der Waals surface area (Å²) in [6, 6.07) is 2.09. The molecule has 1 saturated heterocycles. The minimum atomic E-state index is 0.657. The molecule has 4 aromatic heterocycles. The van der Waals surface area contributed by atoms with Crippen LogP contribution in [0, 0.1) is 6.92 Å². The summed E-state index contributed by atoms with van der Waals surface area (Å²) >= 11 is 1.87. The van der Waals surface area contributed by atoms with Gasteiger partial charge in [-0.2, -0.15) is 14.6 Å². The van der Waals surface area contributed by atoms with E-state index in [4.69, 9.17) is 4.98 Å². The third-order valence-electron chi connectivity index (χ3n) is 6.00. The van der Waals surface area contributed by atoms with Gasteiger partial charge in [-0.05, 0) is 38.2 Å². The molecule has 5 heterocycles. The SMILES string of the molecule is Cc1cc(N2CCN(c3ncnc4sc5c(c34)CCCC5)CC2)n2ncnc2n1. The van der Waals surface area contributed by atoms with Gasteiger partial charge in [-0.25, -0.2) is 15.0 Å². The van der Waals surface area contributed by atoms with E-state index in [0.29, 0.717) is 5.78 Å². The van der Waals surface area contributed by atoms with E-state index in [-0.39, 0.29) is 0 Å². The zero-order chi connectivity index (χ0) is 19.4. The lowest BCUT2D eigenvalue weighted by Gasteiger charge is -2.36. The molecule has 2 aliphatic rings. The van der Waals surface area contributed by atoms with Crippen LogP contribution in [0.1, 0.15) is 29.0 Å². The van der Waals surface area contributed by atoms with E-state index in [9.17, 15) is 0 Å². The van der Waals surface area contributed by atoms with Crippen LogP contribution in [0.3, 0.4) is 0 Å². The molecule has 6 rings (SSSR count). The van der Waals surface area contributed by atoms with Crippen molar-refractivity contribution in [2.45, 2.75) is 32.6 Å².